The number of carbonyl (C=O) groups is 2. The fourth-order valence-electron chi connectivity index (χ4n) is 2.61. The Morgan fingerprint density at radius 2 is 1.84 bits per heavy atom. The van der Waals surface area contributed by atoms with Gasteiger partial charge in [-0.25, -0.2) is 0 Å². The molecule has 0 spiro atoms. The molecule has 0 radical (unpaired) electrons. The van der Waals surface area contributed by atoms with Crippen LogP contribution in [-0.4, -0.2) is 24.0 Å². The fourth-order valence-corrected chi connectivity index (χ4v) is 2.61. The van der Waals surface area contributed by atoms with Crippen molar-refractivity contribution in [2.24, 2.45) is 5.41 Å². The van der Waals surface area contributed by atoms with Crippen LogP contribution < -0.4 is 4.74 Å². The number of hydrogen-bond acceptors (Lipinski definition) is 3. The van der Waals surface area contributed by atoms with E-state index in [0.717, 1.165) is 11.3 Å². The zero-order chi connectivity index (χ0) is 13.9. The molecule has 1 fully saturated rings. The Morgan fingerprint density at radius 1 is 1.26 bits per heavy atom. The summed E-state index contributed by atoms with van der Waals surface area (Å²) < 4.78 is 5.08. The Bertz CT molecular complexity index is 465. The van der Waals surface area contributed by atoms with Crippen LogP contribution >= 0.6 is 0 Å². The molecule has 1 N–H and O–H groups in total. The highest BCUT2D eigenvalue weighted by Gasteiger charge is 2.41. The molecule has 2 rings (SSSR count). The maximum absolute atomic E-state index is 11.6. The molecular formula is C15H18O4. The Labute approximate surface area is 112 Å². The topological polar surface area (TPSA) is 63.6 Å². The van der Waals surface area contributed by atoms with Gasteiger partial charge in [0, 0.05) is 12.8 Å². The highest BCUT2D eigenvalue weighted by molar-refractivity contribution is 5.84. The summed E-state index contributed by atoms with van der Waals surface area (Å²) in [6, 6.07) is 7.44. The summed E-state index contributed by atoms with van der Waals surface area (Å²) in [5.74, 6) is 0.134. The summed E-state index contributed by atoms with van der Waals surface area (Å²) in [6.45, 7) is 0. The van der Waals surface area contributed by atoms with E-state index >= 15 is 0 Å². The Kier molecular flexibility index (Phi) is 3.88. The first-order chi connectivity index (χ1) is 9.05. The van der Waals surface area contributed by atoms with Crippen LogP contribution in [0.3, 0.4) is 0 Å². The molecule has 1 aromatic carbocycles. The van der Waals surface area contributed by atoms with Crippen molar-refractivity contribution in [2.75, 3.05) is 7.11 Å². The van der Waals surface area contributed by atoms with E-state index in [2.05, 4.69) is 0 Å². The molecule has 1 aliphatic carbocycles. The molecule has 1 aliphatic rings. The fraction of sp³-hybridized carbons (Fsp3) is 0.467. The van der Waals surface area contributed by atoms with Crippen LogP contribution in [0.4, 0.5) is 0 Å². The summed E-state index contributed by atoms with van der Waals surface area (Å²) >= 11 is 0. The lowest BCUT2D eigenvalue weighted by Gasteiger charge is -2.32. The van der Waals surface area contributed by atoms with Crippen molar-refractivity contribution in [1.82, 2.24) is 0 Å². The number of carboxylic acid groups (broad SMARTS) is 1. The summed E-state index contributed by atoms with van der Waals surface area (Å²) in [6.07, 6.45) is 2.10. The van der Waals surface area contributed by atoms with Gasteiger partial charge >= 0.3 is 5.97 Å². The zero-order valence-electron chi connectivity index (χ0n) is 11.0. The second-order valence-corrected chi connectivity index (χ2v) is 5.15. The van der Waals surface area contributed by atoms with E-state index in [-0.39, 0.29) is 5.78 Å². The van der Waals surface area contributed by atoms with Crippen molar-refractivity contribution in [3.05, 3.63) is 29.8 Å². The second-order valence-electron chi connectivity index (χ2n) is 5.15. The van der Waals surface area contributed by atoms with Gasteiger partial charge in [0.1, 0.15) is 11.5 Å². The predicted molar refractivity (Wildman–Crippen MR) is 70.2 cm³/mol. The Balaban J connectivity index is 2.16. The summed E-state index contributed by atoms with van der Waals surface area (Å²) in [5.41, 5.74) is 0.181. The third-order valence-electron chi connectivity index (χ3n) is 3.92. The number of carbonyl (C=O) groups excluding carboxylic acids is 1. The molecule has 0 unspecified atom stereocenters. The maximum Gasteiger partial charge on any atom is 0.309 e. The first-order valence-electron chi connectivity index (χ1n) is 6.44. The van der Waals surface area contributed by atoms with Gasteiger partial charge in [0.05, 0.1) is 12.5 Å². The molecule has 0 amide bonds. The van der Waals surface area contributed by atoms with Gasteiger partial charge in [0.2, 0.25) is 0 Å². The molecular weight excluding hydrogens is 244 g/mol. The first kappa shape index (κ1) is 13.6. The van der Waals surface area contributed by atoms with E-state index < -0.39 is 11.4 Å². The number of Topliss-reactive ketones (excluding diaryl/α,β-unsaturated/α-hetero) is 1. The van der Waals surface area contributed by atoms with Crippen LogP contribution in [0.1, 0.15) is 31.2 Å². The number of aliphatic carboxylic acids is 1. The first-order valence-corrected chi connectivity index (χ1v) is 6.44. The SMILES string of the molecule is COc1ccc(CC2(C(=O)O)CCC(=O)CC2)cc1. The smallest absolute Gasteiger partial charge is 0.309 e. The van der Waals surface area contributed by atoms with Crippen LogP contribution in [0, 0.1) is 5.41 Å². The lowest BCUT2D eigenvalue weighted by molar-refractivity contribution is -0.151. The van der Waals surface area contributed by atoms with Crippen molar-refractivity contribution in [1.29, 1.82) is 0 Å². The molecule has 0 saturated heterocycles. The molecule has 0 aliphatic heterocycles. The van der Waals surface area contributed by atoms with E-state index in [1.54, 1.807) is 7.11 Å². The van der Waals surface area contributed by atoms with Crippen molar-refractivity contribution < 1.29 is 19.4 Å². The Morgan fingerprint density at radius 3 is 2.32 bits per heavy atom. The van der Waals surface area contributed by atoms with Crippen LogP contribution in [0.2, 0.25) is 0 Å². The summed E-state index contributed by atoms with van der Waals surface area (Å²) in [4.78, 5) is 22.9. The molecule has 4 heteroatoms. The number of ether oxygens (including phenoxy) is 1. The lowest BCUT2D eigenvalue weighted by Crippen LogP contribution is -2.37. The van der Waals surface area contributed by atoms with Gasteiger partial charge in [-0.2, -0.15) is 0 Å². The molecule has 1 saturated carbocycles. The third kappa shape index (κ3) is 2.95. The largest absolute Gasteiger partial charge is 0.497 e. The van der Waals surface area contributed by atoms with Gasteiger partial charge in [-0.1, -0.05) is 12.1 Å². The van der Waals surface area contributed by atoms with Crippen molar-refractivity contribution in [3.8, 4) is 5.75 Å². The average Bonchev–Trinajstić information content (AvgIpc) is 2.42. The second kappa shape index (κ2) is 5.43. The van der Waals surface area contributed by atoms with Crippen molar-refractivity contribution >= 4 is 11.8 Å². The standard InChI is InChI=1S/C15H18O4/c1-19-13-4-2-11(3-5-13)10-15(14(17)18)8-6-12(16)7-9-15/h2-5H,6-10H2,1H3,(H,17,18). The molecule has 1 aromatic rings. The Hall–Kier alpha value is -1.84. The predicted octanol–water partition coefficient (Wildman–Crippen LogP) is 2.45. The van der Waals surface area contributed by atoms with Crippen LogP contribution in [0.5, 0.6) is 5.75 Å². The van der Waals surface area contributed by atoms with Crippen LogP contribution in [0.25, 0.3) is 0 Å². The van der Waals surface area contributed by atoms with Crippen molar-refractivity contribution in [2.45, 2.75) is 32.1 Å². The maximum atomic E-state index is 11.6. The molecule has 102 valence electrons. The van der Waals surface area contributed by atoms with E-state index in [1.165, 1.54) is 0 Å². The lowest BCUT2D eigenvalue weighted by atomic mass is 9.70. The third-order valence-corrected chi connectivity index (χ3v) is 3.92. The molecule has 19 heavy (non-hydrogen) atoms. The highest BCUT2D eigenvalue weighted by Crippen LogP contribution is 2.38. The minimum Gasteiger partial charge on any atom is -0.497 e. The number of carboxylic acids is 1. The number of rotatable bonds is 4. The summed E-state index contributed by atoms with van der Waals surface area (Å²) in [5, 5.41) is 9.50. The number of methoxy groups -OCH3 is 1. The number of ketones is 1. The van der Waals surface area contributed by atoms with E-state index in [1.807, 2.05) is 24.3 Å². The van der Waals surface area contributed by atoms with Crippen molar-refractivity contribution in [3.63, 3.8) is 0 Å². The zero-order valence-corrected chi connectivity index (χ0v) is 11.0. The van der Waals surface area contributed by atoms with E-state index in [0.29, 0.717) is 32.1 Å². The number of benzene rings is 1. The molecule has 4 nitrogen and oxygen atoms in total. The highest BCUT2D eigenvalue weighted by atomic mass is 16.5. The summed E-state index contributed by atoms with van der Waals surface area (Å²) in [7, 11) is 1.60. The minimum absolute atomic E-state index is 0.173. The normalized spacial score (nSPS) is 18.1. The van der Waals surface area contributed by atoms with Gasteiger partial charge in [-0.05, 0) is 37.0 Å². The molecule has 0 atom stereocenters. The van der Waals surface area contributed by atoms with Gasteiger partial charge in [0.15, 0.2) is 0 Å². The van der Waals surface area contributed by atoms with Gasteiger partial charge < -0.3 is 9.84 Å². The van der Waals surface area contributed by atoms with E-state index in [9.17, 15) is 14.7 Å². The van der Waals surface area contributed by atoms with Gasteiger partial charge in [0.25, 0.3) is 0 Å². The quantitative estimate of drug-likeness (QED) is 0.905. The van der Waals surface area contributed by atoms with Gasteiger partial charge in [-0.3, -0.25) is 9.59 Å². The van der Waals surface area contributed by atoms with E-state index in [4.69, 9.17) is 4.74 Å². The number of hydrogen-bond donors (Lipinski definition) is 1. The van der Waals surface area contributed by atoms with Crippen LogP contribution in [0.15, 0.2) is 24.3 Å². The molecule has 0 aromatic heterocycles. The monoisotopic (exact) mass is 262 g/mol. The minimum atomic E-state index is -0.796. The molecule has 0 heterocycles. The molecule has 0 bridgehead atoms. The van der Waals surface area contributed by atoms with Gasteiger partial charge in [-0.15, -0.1) is 0 Å². The average molecular weight is 262 g/mol. The van der Waals surface area contributed by atoms with Crippen LogP contribution in [-0.2, 0) is 16.0 Å².